The SMILES string of the molecule is CON=Cc1cc(OC)ccc1O. The fraction of sp³-hybridized carbons (Fsp3) is 0.222. The number of nitrogens with zero attached hydrogens (tertiary/aromatic N) is 1. The lowest BCUT2D eigenvalue weighted by molar-refractivity contribution is 0.215. The third-order valence-corrected chi connectivity index (χ3v) is 1.53. The average molecular weight is 181 g/mol. The standard InChI is InChI=1S/C9H11NO3/c1-12-8-3-4-9(11)7(5-8)6-10-13-2/h3-6,11H,1-2H3. The van der Waals surface area contributed by atoms with E-state index >= 15 is 0 Å². The number of phenols is 1. The van der Waals surface area contributed by atoms with E-state index in [1.165, 1.54) is 19.4 Å². The topological polar surface area (TPSA) is 51.0 Å². The Morgan fingerprint density at radius 1 is 1.38 bits per heavy atom. The van der Waals surface area contributed by atoms with Crippen LogP contribution in [0, 0.1) is 0 Å². The van der Waals surface area contributed by atoms with E-state index in [-0.39, 0.29) is 5.75 Å². The smallest absolute Gasteiger partial charge is 0.124 e. The molecule has 4 nitrogen and oxygen atoms in total. The van der Waals surface area contributed by atoms with Gasteiger partial charge < -0.3 is 14.7 Å². The lowest BCUT2D eigenvalue weighted by Crippen LogP contribution is -1.87. The van der Waals surface area contributed by atoms with Gasteiger partial charge in [0.05, 0.1) is 13.3 Å². The molecule has 0 bridgehead atoms. The van der Waals surface area contributed by atoms with Crippen LogP contribution in [-0.4, -0.2) is 25.5 Å². The molecule has 4 heteroatoms. The predicted octanol–water partition coefficient (Wildman–Crippen LogP) is 1.38. The van der Waals surface area contributed by atoms with Gasteiger partial charge in [0.2, 0.25) is 0 Å². The largest absolute Gasteiger partial charge is 0.507 e. The van der Waals surface area contributed by atoms with Gasteiger partial charge in [0.25, 0.3) is 0 Å². The Morgan fingerprint density at radius 2 is 2.15 bits per heavy atom. The number of hydrogen-bond acceptors (Lipinski definition) is 4. The van der Waals surface area contributed by atoms with Crippen molar-refractivity contribution >= 4 is 6.21 Å². The molecule has 1 aromatic carbocycles. The normalized spacial score (nSPS) is 10.3. The van der Waals surface area contributed by atoms with Gasteiger partial charge in [-0.2, -0.15) is 0 Å². The van der Waals surface area contributed by atoms with Crippen molar-refractivity contribution in [3.8, 4) is 11.5 Å². The Labute approximate surface area is 76.4 Å². The average Bonchev–Trinajstić information content (AvgIpc) is 2.17. The highest BCUT2D eigenvalue weighted by molar-refractivity contribution is 5.83. The lowest BCUT2D eigenvalue weighted by Gasteiger charge is -2.02. The van der Waals surface area contributed by atoms with Crippen molar-refractivity contribution in [2.24, 2.45) is 5.16 Å². The van der Waals surface area contributed by atoms with E-state index in [1.54, 1.807) is 19.2 Å². The summed E-state index contributed by atoms with van der Waals surface area (Å²) in [6, 6.07) is 4.87. The highest BCUT2D eigenvalue weighted by Crippen LogP contribution is 2.20. The third-order valence-electron chi connectivity index (χ3n) is 1.53. The van der Waals surface area contributed by atoms with Gasteiger partial charge in [-0.25, -0.2) is 0 Å². The molecule has 0 heterocycles. The number of benzene rings is 1. The van der Waals surface area contributed by atoms with Crippen molar-refractivity contribution in [2.45, 2.75) is 0 Å². The van der Waals surface area contributed by atoms with Gasteiger partial charge in [-0.1, -0.05) is 5.16 Å². The summed E-state index contributed by atoms with van der Waals surface area (Å²) in [6.45, 7) is 0. The first-order valence-electron chi connectivity index (χ1n) is 3.71. The van der Waals surface area contributed by atoms with Crippen LogP contribution >= 0.6 is 0 Å². The van der Waals surface area contributed by atoms with Crippen LogP contribution in [0.5, 0.6) is 11.5 Å². The van der Waals surface area contributed by atoms with Crippen molar-refractivity contribution in [3.05, 3.63) is 23.8 Å². The Balaban J connectivity index is 2.97. The summed E-state index contributed by atoms with van der Waals surface area (Å²) >= 11 is 0. The quantitative estimate of drug-likeness (QED) is 0.566. The molecule has 0 amide bonds. The molecule has 1 N–H and O–H groups in total. The maximum atomic E-state index is 9.35. The van der Waals surface area contributed by atoms with Crippen LogP contribution in [0.3, 0.4) is 0 Å². The molecule has 1 rings (SSSR count). The fourth-order valence-electron chi connectivity index (χ4n) is 0.872. The molecule has 0 saturated carbocycles. The highest BCUT2D eigenvalue weighted by atomic mass is 16.6. The molecule has 1 aromatic rings. The number of oxime groups is 1. The third kappa shape index (κ3) is 2.37. The van der Waals surface area contributed by atoms with E-state index < -0.39 is 0 Å². The molecule has 0 fully saturated rings. The zero-order valence-electron chi connectivity index (χ0n) is 7.52. The van der Waals surface area contributed by atoms with Gasteiger partial charge in [-0.15, -0.1) is 0 Å². The van der Waals surface area contributed by atoms with Crippen molar-refractivity contribution in [1.29, 1.82) is 0 Å². The van der Waals surface area contributed by atoms with E-state index in [1.807, 2.05) is 0 Å². The van der Waals surface area contributed by atoms with E-state index in [9.17, 15) is 5.11 Å². The molecule has 0 aliphatic heterocycles. The summed E-state index contributed by atoms with van der Waals surface area (Å²) in [5.41, 5.74) is 0.557. The first-order chi connectivity index (χ1) is 6.27. The first kappa shape index (κ1) is 9.38. The Morgan fingerprint density at radius 3 is 2.77 bits per heavy atom. The van der Waals surface area contributed by atoms with Gasteiger partial charge in [-0.05, 0) is 18.2 Å². The maximum absolute atomic E-state index is 9.35. The molecular weight excluding hydrogens is 170 g/mol. The number of rotatable bonds is 3. The second-order valence-corrected chi connectivity index (χ2v) is 2.34. The summed E-state index contributed by atoms with van der Waals surface area (Å²) in [5.74, 6) is 0.803. The second kappa shape index (κ2) is 4.35. The van der Waals surface area contributed by atoms with E-state index in [0.29, 0.717) is 11.3 Å². The summed E-state index contributed by atoms with van der Waals surface area (Å²) in [6.07, 6.45) is 1.41. The fourth-order valence-corrected chi connectivity index (χ4v) is 0.872. The molecule has 0 aliphatic carbocycles. The molecule has 0 radical (unpaired) electrons. The first-order valence-corrected chi connectivity index (χ1v) is 3.71. The minimum Gasteiger partial charge on any atom is -0.507 e. The molecule has 0 unspecified atom stereocenters. The van der Waals surface area contributed by atoms with Crippen molar-refractivity contribution in [3.63, 3.8) is 0 Å². The number of hydrogen-bond donors (Lipinski definition) is 1. The number of phenolic OH excluding ortho intramolecular Hbond substituents is 1. The molecule has 0 aliphatic rings. The van der Waals surface area contributed by atoms with Crippen molar-refractivity contribution in [2.75, 3.05) is 14.2 Å². The van der Waals surface area contributed by atoms with E-state index in [2.05, 4.69) is 9.99 Å². The van der Waals surface area contributed by atoms with Crippen LogP contribution in [0.4, 0.5) is 0 Å². The molecular formula is C9H11NO3. The van der Waals surface area contributed by atoms with Gasteiger partial charge in [0, 0.05) is 5.56 Å². The molecule has 0 saturated heterocycles. The summed E-state index contributed by atoms with van der Waals surface area (Å²) < 4.78 is 4.98. The van der Waals surface area contributed by atoms with Crippen molar-refractivity contribution in [1.82, 2.24) is 0 Å². The molecule has 70 valence electrons. The monoisotopic (exact) mass is 181 g/mol. The molecule has 13 heavy (non-hydrogen) atoms. The zero-order chi connectivity index (χ0) is 9.68. The number of ether oxygens (including phenoxy) is 1. The molecule has 0 aromatic heterocycles. The molecule has 0 atom stereocenters. The number of aromatic hydroxyl groups is 1. The van der Waals surface area contributed by atoms with Gasteiger partial charge >= 0.3 is 0 Å². The minimum absolute atomic E-state index is 0.140. The van der Waals surface area contributed by atoms with Gasteiger partial charge in [-0.3, -0.25) is 0 Å². The van der Waals surface area contributed by atoms with Gasteiger partial charge in [0.1, 0.15) is 18.6 Å². The Bertz CT molecular complexity index is 310. The van der Waals surface area contributed by atoms with E-state index in [4.69, 9.17) is 4.74 Å². The Kier molecular flexibility index (Phi) is 3.14. The van der Waals surface area contributed by atoms with Crippen molar-refractivity contribution < 1.29 is 14.7 Å². The number of methoxy groups -OCH3 is 1. The Hall–Kier alpha value is -1.71. The predicted molar refractivity (Wildman–Crippen MR) is 49.3 cm³/mol. The minimum atomic E-state index is 0.140. The van der Waals surface area contributed by atoms with Crippen LogP contribution in [0.25, 0.3) is 0 Å². The van der Waals surface area contributed by atoms with Crippen LogP contribution in [0.2, 0.25) is 0 Å². The van der Waals surface area contributed by atoms with Crippen LogP contribution in [0.15, 0.2) is 23.4 Å². The van der Waals surface area contributed by atoms with Crippen LogP contribution < -0.4 is 4.74 Å². The summed E-state index contributed by atoms with van der Waals surface area (Å²) in [5, 5.41) is 12.9. The van der Waals surface area contributed by atoms with Crippen LogP contribution in [-0.2, 0) is 4.84 Å². The maximum Gasteiger partial charge on any atom is 0.124 e. The second-order valence-electron chi connectivity index (χ2n) is 2.34. The molecule has 0 spiro atoms. The summed E-state index contributed by atoms with van der Waals surface area (Å²) in [4.78, 5) is 4.49. The summed E-state index contributed by atoms with van der Waals surface area (Å²) in [7, 11) is 3.00. The van der Waals surface area contributed by atoms with E-state index in [0.717, 1.165) is 0 Å². The zero-order valence-corrected chi connectivity index (χ0v) is 7.52. The van der Waals surface area contributed by atoms with Gasteiger partial charge in [0.15, 0.2) is 0 Å². The lowest BCUT2D eigenvalue weighted by atomic mass is 10.2. The highest BCUT2D eigenvalue weighted by Gasteiger charge is 1.99. The van der Waals surface area contributed by atoms with Crippen LogP contribution in [0.1, 0.15) is 5.56 Å².